The molecule has 4 nitrogen and oxygen atoms in total. The van der Waals surface area contributed by atoms with Gasteiger partial charge in [-0.2, -0.15) is 0 Å². The fourth-order valence-corrected chi connectivity index (χ4v) is 5.60. The quantitative estimate of drug-likeness (QED) is 0.766. The van der Waals surface area contributed by atoms with Gasteiger partial charge >= 0.3 is 0 Å². The number of hydrogen-bond donors (Lipinski definition) is 0. The standard InChI is InChI=1S/C21H30N2O2S/c1-13-9-7-8-10-16(13)22(5)19(24)15-12-17-18(11-14(15)2)26-21(3,4)20(25)23(17)6/h11-13,16H,7-10H2,1-6H3. The van der Waals surface area contributed by atoms with Crippen molar-refractivity contribution in [1.82, 2.24) is 4.90 Å². The van der Waals surface area contributed by atoms with Gasteiger partial charge < -0.3 is 9.80 Å². The first-order valence-corrected chi connectivity index (χ1v) is 10.3. The summed E-state index contributed by atoms with van der Waals surface area (Å²) in [4.78, 5) is 30.5. The van der Waals surface area contributed by atoms with Crippen molar-refractivity contribution in [2.45, 2.75) is 69.1 Å². The minimum absolute atomic E-state index is 0.0692. The number of fused-ring (bicyclic) bond motifs is 1. The molecule has 2 amide bonds. The lowest BCUT2D eigenvalue weighted by atomic mass is 9.85. The van der Waals surface area contributed by atoms with Gasteiger partial charge in [-0.25, -0.2) is 0 Å². The maximum Gasteiger partial charge on any atom is 0.254 e. The minimum Gasteiger partial charge on any atom is -0.338 e. The van der Waals surface area contributed by atoms with Gasteiger partial charge in [-0.15, -0.1) is 11.8 Å². The summed E-state index contributed by atoms with van der Waals surface area (Å²) < 4.78 is -0.478. The van der Waals surface area contributed by atoms with E-state index in [1.807, 2.05) is 38.8 Å². The van der Waals surface area contributed by atoms with Crippen molar-refractivity contribution in [2.75, 3.05) is 19.0 Å². The average molecular weight is 375 g/mol. The molecule has 1 aromatic rings. The van der Waals surface area contributed by atoms with Crippen molar-refractivity contribution in [3.8, 4) is 0 Å². The lowest BCUT2D eigenvalue weighted by molar-refractivity contribution is -0.120. The van der Waals surface area contributed by atoms with Crippen molar-refractivity contribution >= 4 is 29.3 Å². The van der Waals surface area contributed by atoms with Crippen LogP contribution < -0.4 is 4.90 Å². The molecule has 1 heterocycles. The smallest absolute Gasteiger partial charge is 0.254 e. The molecule has 1 aliphatic carbocycles. The third kappa shape index (κ3) is 3.26. The van der Waals surface area contributed by atoms with E-state index in [0.717, 1.165) is 22.6 Å². The Bertz CT molecular complexity index is 744. The van der Waals surface area contributed by atoms with Crippen LogP contribution >= 0.6 is 11.8 Å². The van der Waals surface area contributed by atoms with Gasteiger partial charge in [-0.1, -0.05) is 19.8 Å². The lowest BCUT2D eigenvalue weighted by Gasteiger charge is -2.38. The number of benzene rings is 1. The molecule has 2 unspecified atom stereocenters. The molecule has 1 fully saturated rings. The van der Waals surface area contributed by atoms with E-state index < -0.39 is 4.75 Å². The molecule has 3 rings (SSSR count). The van der Waals surface area contributed by atoms with Crippen LogP contribution in [0.4, 0.5) is 5.69 Å². The van der Waals surface area contributed by atoms with E-state index in [-0.39, 0.29) is 11.8 Å². The van der Waals surface area contributed by atoms with E-state index in [0.29, 0.717) is 17.5 Å². The van der Waals surface area contributed by atoms with Gasteiger partial charge in [0.25, 0.3) is 5.91 Å². The van der Waals surface area contributed by atoms with Crippen molar-refractivity contribution in [3.05, 3.63) is 23.3 Å². The second-order valence-electron chi connectivity index (χ2n) is 8.36. The van der Waals surface area contributed by atoms with Gasteiger partial charge in [-0.3, -0.25) is 9.59 Å². The summed E-state index contributed by atoms with van der Waals surface area (Å²) in [5.41, 5.74) is 2.54. The Hall–Kier alpha value is -1.49. The second kappa shape index (κ2) is 6.91. The van der Waals surface area contributed by atoms with Gasteiger partial charge in [0.05, 0.1) is 10.4 Å². The largest absolute Gasteiger partial charge is 0.338 e. The zero-order valence-corrected chi connectivity index (χ0v) is 17.6. The molecule has 0 N–H and O–H groups in total. The van der Waals surface area contributed by atoms with E-state index in [9.17, 15) is 9.59 Å². The third-order valence-electron chi connectivity index (χ3n) is 5.97. The Labute approximate surface area is 161 Å². The molecule has 0 spiro atoms. The molecule has 1 aromatic carbocycles. The molecule has 0 aromatic heterocycles. The number of thioether (sulfide) groups is 1. The number of hydrogen-bond acceptors (Lipinski definition) is 3. The topological polar surface area (TPSA) is 40.6 Å². The number of nitrogens with zero attached hydrogens (tertiary/aromatic N) is 2. The Morgan fingerprint density at radius 1 is 1.27 bits per heavy atom. The molecular formula is C21H30N2O2S. The molecule has 2 atom stereocenters. The van der Waals surface area contributed by atoms with Crippen LogP contribution in [0.5, 0.6) is 0 Å². The SMILES string of the molecule is Cc1cc2c(cc1C(=O)N(C)C1CCCCC1C)N(C)C(=O)C(C)(C)S2. The van der Waals surface area contributed by atoms with Gasteiger partial charge in [0.1, 0.15) is 0 Å². The maximum absolute atomic E-state index is 13.2. The first-order valence-electron chi connectivity index (χ1n) is 9.52. The number of carbonyl (C=O) groups excluding carboxylic acids is 2. The highest BCUT2D eigenvalue weighted by Crippen LogP contribution is 2.45. The molecular weight excluding hydrogens is 344 g/mol. The Balaban J connectivity index is 1.94. The maximum atomic E-state index is 13.2. The molecule has 26 heavy (non-hydrogen) atoms. The van der Waals surface area contributed by atoms with E-state index in [2.05, 4.69) is 13.0 Å². The Morgan fingerprint density at radius 3 is 2.58 bits per heavy atom. The third-order valence-corrected chi connectivity index (χ3v) is 7.20. The number of carbonyl (C=O) groups is 2. The molecule has 0 radical (unpaired) electrons. The van der Waals surface area contributed by atoms with Crippen molar-refractivity contribution in [2.24, 2.45) is 5.92 Å². The Morgan fingerprint density at radius 2 is 1.92 bits per heavy atom. The molecule has 0 saturated heterocycles. The lowest BCUT2D eigenvalue weighted by Crippen LogP contribution is -2.45. The van der Waals surface area contributed by atoms with Crippen LogP contribution in [0.15, 0.2) is 17.0 Å². The summed E-state index contributed by atoms with van der Waals surface area (Å²) in [7, 11) is 3.74. The Kier molecular flexibility index (Phi) is 5.13. The van der Waals surface area contributed by atoms with Crippen LogP contribution in [-0.2, 0) is 4.79 Å². The minimum atomic E-state index is -0.478. The van der Waals surface area contributed by atoms with Crippen molar-refractivity contribution in [1.29, 1.82) is 0 Å². The second-order valence-corrected chi connectivity index (χ2v) is 10.0. The molecule has 1 aliphatic heterocycles. The van der Waals surface area contributed by atoms with E-state index in [1.165, 1.54) is 19.3 Å². The van der Waals surface area contributed by atoms with Crippen molar-refractivity contribution < 1.29 is 9.59 Å². The zero-order chi connectivity index (χ0) is 19.2. The molecule has 1 saturated carbocycles. The summed E-state index contributed by atoms with van der Waals surface area (Å²) in [6.07, 6.45) is 4.72. The predicted molar refractivity (Wildman–Crippen MR) is 108 cm³/mol. The number of aryl methyl sites for hydroxylation is 1. The fourth-order valence-electron chi connectivity index (χ4n) is 4.29. The molecule has 142 valence electrons. The van der Waals surface area contributed by atoms with Gasteiger partial charge in [0.2, 0.25) is 5.91 Å². The van der Waals surface area contributed by atoms with Gasteiger partial charge in [-0.05, 0) is 57.2 Å². The monoisotopic (exact) mass is 374 g/mol. The zero-order valence-electron chi connectivity index (χ0n) is 16.8. The first-order chi connectivity index (χ1) is 12.1. The van der Waals surface area contributed by atoms with Crippen LogP contribution in [-0.4, -0.2) is 41.6 Å². The van der Waals surface area contributed by atoms with Crippen molar-refractivity contribution in [3.63, 3.8) is 0 Å². The van der Waals surface area contributed by atoms with E-state index >= 15 is 0 Å². The molecule has 2 aliphatic rings. The predicted octanol–water partition coefficient (Wildman–Crippen LogP) is 4.49. The molecule has 0 bridgehead atoms. The summed E-state index contributed by atoms with van der Waals surface area (Å²) in [6.45, 7) is 8.15. The highest BCUT2D eigenvalue weighted by Gasteiger charge is 2.39. The number of rotatable bonds is 2. The van der Waals surface area contributed by atoms with Gasteiger partial charge in [0, 0.05) is 30.6 Å². The van der Waals surface area contributed by atoms with E-state index in [1.54, 1.807) is 23.7 Å². The molecule has 5 heteroatoms. The average Bonchev–Trinajstić information content (AvgIpc) is 2.58. The summed E-state index contributed by atoms with van der Waals surface area (Å²) in [5, 5.41) is 0. The first kappa shape index (κ1) is 19.3. The van der Waals surface area contributed by atoms with Crippen LogP contribution in [0.1, 0.15) is 62.4 Å². The van der Waals surface area contributed by atoms with E-state index in [4.69, 9.17) is 0 Å². The highest BCUT2D eigenvalue weighted by molar-refractivity contribution is 8.01. The fraction of sp³-hybridized carbons (Fsp3) is 0.619. The van der Waals surface area contributed by atoms with Crippen LogP contribution in [0, 0.1) is 12.8 Å². The van der Waals surface area contributed by atoms with Crippen LogP contribution in [0.2, 0.25) is 0 Å². The van der Waals surface area contributed by atoms with Gasteiger partial charge in [0.15, 0.2) is 0 Å². The van der Waals surface area contributed by atoms with Crippen LogP contribution in [0.3, 0.4) is 0 Å². The summed E-state index contributed by atoms with van der Waals surface area (Å²) >= 11 is 1.58. The summed E-state index contributed by atoms with van der Waals surface area (Å²) in [6, 6.07) is 4.28. The highest BCUT2D eigenvalue weighted by atomic mass is 32.2. The number of amides is 2. The number of anilines is 1. The summed E-state index contributed by atoms with van der Waals surface area (Å²) in [5.74, 6) is 0.683. The normalized spacial score (nSPS) is 25.0. The van der Waals surface area contributed by atoms with Crippen LogP contribution in [0.25, 0.3) is 0 Å².